The molecule has 1 aliphatic rings. The van der Waals surface area contributed by atoms with Crippen LogP contribution in [-0.4, -0.2) is 19.5 Å². The lowest BCUT2D eigenvalue weighted by molar-refractivity contribution is 0.660. The second-order valence-corrected chi connectivity index (χ2v) is 16.0. The molecule has 0 radical (unpaired) electrons. The maximum atomic E-state index is 6.45. The van der Waals surface area contributed by atoms with Crippen molar-refractivity contribution < 1.29 is 4.42 Å². The highest BCUT2D eigenvalue weighted by molar-refractivity contribution is 6.11. The molecule has 5 heteroatoms. The summed E-state index contributed by atoms with van der Waals surface area (Å²) in [6, 6.07) is 64.2. The Hall–Kier alpha value is -7.63. The topological polar surface area (TPSA) is 56.7 Å². The number of para-hydroxylation sites is 4. The van der Waals surface area contributed by atoms with E-state index in [1.807, 2.05) is 30.3 Å². The van der Waals surface area contributed by atoms with Crippen molar-refractivity contribution >= 4 is 43.7 Å². The van der Waals surface area contributed by atoms with E-state index in [2.05, 4.69) is 170 Å². The van der Waals surface area contributed by atoms with Crippen molar-refractivity contribution in [2.45, 2.75) is 19.3 Å². The Bertz CT molecular complexity index is 3470. The third kappa shape index (κ3) is 5.14. The Morgan fingerprint density at radius 1 is 0.407 bits per heavy atom. The average Bonchev–Trinajstić information content (AvgIpc) is 3.91. The van der Waals surface area contributed by atoms with E-state index in [0.29, 0.717) is 17.5 Å². The number of benzene rings is 8. The Balaban J connectivity index is 0.992. The van der Waals surface area contributed by atoms with Crippen LogP contribution in [0.4, 0.5) is 0 Å². The first-order valence-electron chi connectivity index (χ1n) is 20.1. The highest BCUT2D eigenvalue weighted by atomic mass is 16.3. The second kappa shape index (κ2) is 12.7. The first-order chi connectivity index (χ1) is 29.0. The Labute approximate surface area is 340 Å². The molecule has 0 bridgehead atoms. The van der Waals surface area contributed by atoms with E-state index in [0.717, 1.165) is 71.9 Å². The number of furan rings is 1. The van der Waals surface area contributed by atoms with Crippen molar-refractivity contribution in [1.82, 2.24) is 19.5 Å². The number of rotatable bonds is 5. The summed E-state index contributed by atoms with van der Waals surface area (Å²) in [4.78, 5) is 15.5. The van der Waals surface area contributed by atoms with Gasteiger partial charge in [-0.25, -0.2) is 15.0 Å². The monoisotopic (exact) mass is 756 g/mol. The molecule has 59 heavy (non-hydrogen) atoms. The number of hydrogen-bond donors (Lipinski definition) is 0. The molecule has 11 aromatic rings. The molecule has 0 N–H and O–H groups in total. The van der Waals surface area contributed by atoms with Gasteiger partial charge in [-0.2, -0.15) is 0 Å². The molecule has 0 fully saturated rings. The average molecular weight is 757 g/mol. The number of nitrogens with zero attached hydrogens (tertiary/aromatic N) is 4. The summed E-state index contributed by atoms with van der Waals surface area (Å²) in [5.41, 5.74) is 15.1. The fraction of sp³-hybridized carbons (Fsp3) is 0.0556. The molecule has 0 saturated heterocycles. The molecule has 8 aromatic carbocycles. The maximum absolute atomic E-state index is 6.45. The van der Waals surface area contributed by atoms with Gasteiger partial charge < -0.3 is 8.98 Å². The standard InChI is InChI=1S/C54H36N4O/c1-54(2)45-28-25-34(38-20-13-21-42-41-19-10-12-23-49(41)59-50(38)42)30-43(45)39-27-24-36(32-46(39)54)53-56-51(33-14-5-3-6-15-33)55-52(57-53)35-26-29-48-44(31-35)40-18-9-11-22-47(40)58(48)37-16-7-4-8-17-37/h3-32H,1-2H3. The minimum absolute atomic E-state index is 0.235. The van der Waals surface area contributed by atoms with Gasteiger partial charge in [0.2, 0.25) is 0 Å². The third-order valence-corrected chi connectivity index (χ3v) is 12.3. The lowest BCUT2D eigenvalue weighted by Gasteiger charge is -2.22. The van der Waals surface area contributed by atoms with Gasteiger partial charge in [-0.3, -0.25) is 0 Å². The fourth-order valence-corrected chi connectivity index (χ4v) is 9.35. The number of hydrogen-bond acceptors (Lipinski definition) is 4. The van der Waals surface area contributed by atoms with Crippen LogP contribution in [0.15, 0.2) is 186 Å². The lowest BCUT2D eigenvalue weighted by atomic mass is 9.81. The van der Waals surface area contributed by atoms with E-state index in [9.17, 15) is 0 Å². The highest BCUT2D eigenvalue weighted by Crippen LogP contribution is 2.51. The van der Waals surface area contributed by atoms with E-state index in [1.165, 1.54) is 27.6 Å². The van der Waals surface area contributed by atoms with Crippen LogP contribution >= 0.6 is 0 Å². The van der Waals surface area contributed by atoms with Gasteiger partial charge in [-0.05, 0) is 82.4 Å². The summed E-state index contributed by atoms with van der Waals surface area (Å²) < 4.78 is 8.78. The summed E-state index contributed by atoms with van der Waals surface area (Å²) in [6.45, 7) is 4.63. The predicted octanol–water partition coefficient (Wildman–Crippen LogP) is 13.8. The molecule has 3 heterocycles. The molecule has 3 aromatic heterocycles. The van der Waals surface area contributed by atoms with E-state index in [1.54, 1.807) is 0 Å². The zero-order chi connectivity index (χ0) is 39.2. The van der Waals surface area contributed by atoms with Crippen LogP contribution in [0.2, 0.25) is 0 Å². The molecule has 5 nitrogen and oxygen atoms in total. The first kappa shape index (κ1) is 33.5. The van der Waals surface area contributed by atoms with Crippen molar-refractivity contribution in [2.24, 2.45) is 0 Å². The number of aromatic nitrogens is 4. The largest absolute Gasteiger partial charge is 0.455 e. The van der Waals surface area contributed by atoms with Gasteiger partial charge >= 0.3 is 0 Å². The molecule has 12 rings (SSSR count). The normalized spacial score (nSPS) is 13.1. The SMILES string of the molecule is CC1(C)c2ccc(-c3cccc4c3oc3ccccc34)cc2-c2ccc(-c3nc(-c4ccccc4)nc(-c4ccc5c(c4)c4ccccc4n5-c4ccccc4)n3)cc21. The van der Waals surface area contributed by atoms with Crippen LogP contribution < -0.4 is 0 Å². The summed E-state index contributed by atoms with van der Waals surface area (Å²) in [5, 5.41) is 4.61. The predicted molar refractivity (Wildman–Crippen MR) is 241 cm³/mol. The molecule has 0 spiro atoms. The van der Waals surface area contributed by atoms with Crippen LogP contribution in [0.5, 0.6) is 0 Å². The summed E-state index contributed by atoms with van der Waals surface area (Å²) in [5.74, 6) is 1.93. The van der Waals surface area contributed by atoms with Crippen LogP contribution in [0, 0.1) is 0 Å². The summed E-state index contributed by atoms with van der Waals surface area (Å²) >= 11 is 0. The maximum Gasteiger partial charge on any atom is 0.164 e. The van der Waals surface area contributed by atoms with Crippen molar-refractivity contribution in [3.63, 3.8) is 0 Å². The second-order valence-electron chi connectivity index (χ2n) is 16.0. The van der Waals surface area contributed by atoms with Gasteiger partial charge in [-0.1, -0.05) is 141 Å². The number of fused-ring (bicyclic) bond motifs is 9. The first-order valence-corrected chi connectivity index (χ1v) is 20.1. The van der Waals surface area contributed by atoms with Crippen molar-refractivity contribution in [3.05, 3.63) is 193 Å². The van der Waals surface area contributed by atoms with Gasteiger partial charge in [0.25, 0.3) is 0 Å². The molecule has 278 valence electrons. The Morgan fingerprint density at radius 2 is 1.03 bits per heavy atom. The van der Waals surface area contributed by atoms with E-state index >= 15 is 0 Å². The molecule has 0 amide bonds. The Morgan fingerprint density at radius 3 is 1.85 bits per heavy atom. The summed E-state index contributed by atoms with van der Waals surface area (Å²) in [6.07, 6.45) is 0. The zero-order valence-electron chi connectivity index (χ0n) is 32.5. The molecule has 0 atom stereocenters. The zero-order valence-corrected chi connectivity index (χ0v) is 32.5. The molecular formula is C54H36N4O. The lowest BCUT2D eigenvalue weighted by Crippen LogP contribution is -2.15. The van der Waals surface area contributed by atoms with Crippen molar-refractivity contribution in [2.75, 3.05) is 0 Å². The molecule has 0 saturated carbocycles. The fourth-order valence-electron chi connectivity index (χ4n) is 9.35. The van der Waals surface area contributed by atoms with Crippen LogP contribution in [0.25, 0.3) is 106 Å². The van der Waals surface area contributed by atoms with Crippen molar-refractivity contribution in [1.29, 1.82) is 0 Å². The van der Waals surface area contributed by atoms with Gasteiger partial charge in [0, 0.05) is 54.9 Å². The summed E-state index contributed by atoms with van der Waals surface area (Å²) in [7, 11) is 0. The Kier molecular flexibility index (Phi) is 7.20. The third-order valence-electron chi connectivity index (χ3n) is 12.3. The smallest absolute Gasteiger partial charge is 0.164 e. The molecule has 1 aliphatic carbocycles. The van der Waals surface area contributed by atoms with Crippen LogP contribution in [0.1, 0.15) is 25.0 Å². The van der Waals surface area contributed by atoms with Crippen LogP contribution in [0.3, 0.4) is 0 Å². The quantitative estimate of drug-likeness (QED) is 0.175. The van der Waals surface area contributed by atoms with E-state index in [4.69, 9.17) is 19.4 Å². The molecular weight excluding hydrogens is 721 g/mol. The molecule has 0 aliphatic heterocycles. The van der Waals surface area contributed by atoms with E-state index in [-0.39, 0.29) is 5.41 Å². The van der Waals surface area contributed by atoms with Gasteiger partial charge in [0.15, 0.2) is 17.5 Å². The van der Waals surface area contributed by atoms with E-state index < -0.39 is 0 Å². The van der Waals surface area contributed by atoms with Crippen molar-refractivity contribution in [3.8, 4) is 62.1 Å². The molecule has 0 unspecified atom stereocenters. The minimum Gasteiger partial charge on any atom is -0.455 e. The van der Waals surface area contributed by atoms with Gasteiger partial charge in [0.1, 0.15) is 11.2 Å². The minimum atomic E-state index is -0.235. The van der Waals surface area contributed by atoms with Gasteiger partial charge in [0.05, 0.1) is 11.0 Å². The van der Waals surface area contributed by atoms with Gasteiger partial charge in [-0.15, -0.1) is 0 Å². The highest BCUT2D eigenvalue weighted by Gasteiger charge is 2.36. The van der Waals surface area contributed by atoms with Crippen LogP contribution in [-0.2, 0) is 5.41 Å².